The Morgan fingerprint density at radius 3 is 2.48 bits per heavy atom. The summed E-state index contributed by atoms with van der Waals surface area (Å²) in [5.41, 5.74) is 5.61. The molecule has 8 heteroatoms. The van der Waals surface area contributed by atoms with E-state index in [0.29, 0.717) is 11.3 Å². The van der Waals surface area contributed by atoms with E-state index in [4.69, 9.17) is 42.8 Å². The molecule has 0 saturated heterocycles. The summed E-state index contributed by atoms with van der Waals surface area (Å²) in [7, 11) is 1.20. The van der Waals surface area contributed by atoms with E-state index in [2.05, 4.69) is 0 Å². The Labute approximate surface area is 152 Å². The highest BCUT2D eigenvalue weighted by atomic mass is 35.5. The SMILES string of the molecule is COC(=O)C1=C(N)Oc2cc(C)oc(=O)c2[C@@H]1c1c(Cl)cccc1Cl. The molecule has 6 nitrogen and oxygen atoms in total. The Morgan fingerprint density at radius 2 is 1.88 bits per heavy atom. The second-order valence-electron chi connectivity index (χ2n) is 5.36. The van der Waals surface area contributed by atoms with Gasteiger partial charge in [-0.15, -0.1) is 0 Å². The van der Waals surface area contributed by atoms with Crippen molar-refractivity contribution in [3.8, 4) is 5.75 Å². The van der Waals surface area contributed by atoms with Crippen LogP contribution in [0.15, 0.2) is 44.9 Å². The highest BCUT2D eigenvalue weighted by Gasteiger charge is 2.40. The van der Waals surface area contributed by atoms with Crippen LogP contribution < -0.4 is 16.1 Å². The van der Waals surface area contributed by atoms with Crippen molar-refractivity contribution in [3.05, 3.63) is 73.1 Å². The smallest absolute Gasteiger partial charge is 0.343 e. The predicted molar refractivity (Wildman–Crippen MR) is 91.9 cm³/mol. The van der Waals surface area contributed by atoms with E-state index in [-0.39, 0.29) is 32.8 Å². The fraction of sp³-hybridized carbons (Fsp3) is 0.176. The van der Waals surface area contributed by atoms with Crippen molar-refractivity contribution < 1.29 is 18.7 Å². The lowest BCUT2D eigenvalue weighted by atomic mass is 9.83. The van der Waals surface area contributed by atoms with E-state index in [1.54, 1.807) is 25.1 Å². The van der Waals surface area contributed by atoms with Gasteiger partial charge in [-0.25, -0.2) is 9.59 Å². The average molecular weight is 382 g/mol. The van der Waals surface area contributed by atoms with Crippen molar-refractivity contribution in [2.24, 2.45) is 5.73 Å². The summed E-state index contributed by atoms with van der Waals surface area (Å²) < 4.78 is 15.4. The highest BCUT2D eigenvalue weighted by Crippen LogP contribution is 2.45. The van der Waals surface area contributed by atoms with Gasteiger partial charge in [0, 0.05) is 21.7 Å². The fourth-order valence-corrected chi connectivity index (χ4v) is 3.42. The fourth-order valence-electron chi connectivity index (χ4n) is 2.80. The third-order valence-electron chi connectivity index (χ3n) is 3.83. The van der Waals surface area contributed by atoms with Crippen molar-refractivity contribution in [2.75, 3.05) is 7.11 Å². The molecule has 3 rings (SSSR count). The molecule has 1 aromatic heterocycles. The van der Waals surface area contributed by atoms with E-state index in [1.165, 1.54) is 13.2 Å². The van der Waals surface area contributed by atoms with Crippen molar-refractivity contribution in [1.29, 1.82) is 0 Å². The van der Waals surface area contributed by atoms with E-state index in [1.807, 2.05) is 0 Å². The number of aryl methyl sites for hydroxylation is 1. The number of fused-ring (bicyclic) bond motifs is 1. The zero-order valence-corrected chi connectivity index (χ0v) is 14.8. The first-order valence-electron chi connectivity index (χ1n) is 7.19. The lowest BCUT2D eigenvalue weighted by Gasteiger charge is -2.28. The summed E-state index contributed by atoms with van der Waals surface area (Å²) in [6.07, 6.45) is 0. The molecular formula is C17H13Cl2NO5. The monoisotopic (exact) mass is 381 g/mol. The van der Waals surface area contributed by atoms with Crippen molar-refractivity contribution in [3.63, 3.8) is 0 Å². The maximum absolute atomic E-state index is 12.5. The number of carbonyl (C=O) groups is 1. The van der Waals surface area contributed by atoms with Gasteiger partial charge in [0.25, 0.3) is 0 Å². The molecule has 0 fully saturated rings. The van der Waals surface area contributed by atoms with Crippen LogP contribution in [0.25, 0.3) is 0 Å². The van der Waals surface area contributed by atoms with Crippen LogP contribution in [0.5, 0.6) is 5.75 Å². The molecule has 1 aliphatic rings. The summed E-state index contributed by atoms with van der Waals surface area (Å²) in [5, 5.41) is 0.527. The van der Waals surface area contributed by atoms with Gasteiger partial charge in [-0.2, -0.15) is 0 Å². The zero-order valence-electron chi connectivity index (χ0n) is 13.3. The summed E-state index contributed by atoms with van der Waals surface area (Å²) in [4.78, 5) is 24.8. The molecule has 0 saturated carbocycles. The van der Waals surface area contributed by atoms with Crippen LogP contribution >= 0.6 is 23.2 Å². The second-order valence-corrected chi connectivity index (χ2v) is 6.18. The first kappa shape index (κ1) is 17.4. The molecule has 0 radical (unpaired) electrons. The molecule has 0 spiro atoms. The molecule has 1 aliphatic heterocycles. The molecule has 130 valence electrons. The van der Waals surface area contributed by atoms with Gasteiger partial charge in [0.05, 0.1) is 18.6 Å². The largest absolute Gasteiger partial charge is 0.465 e. The maximum Gasteiger partial charge on any atom is 0.343 e. The molecule has 0 unspecified atom stereocenters. The van der Waals surface area contributed by atoms with Gasteiger partial charge < -0.3 is 19.6 Å². The molecule has 25 heavy (non-hydrogen) atoms. The Kier molecular flexibility index (Phi) is 4.49. The lowest BCUT2D eigenvalue weighted by molar-refractivity contribution is -0.136. The number of methoxy groups -OCH3 is 1. The van der Waals surface area contributed by atoms with Gasteiger partial charge in [-0.1, -0.05) is 29.3 Å². The maximum atomic E-state index is 12.5. The molecule has 0 bridgehead atoms. The molecule has 2 N–H and O–H groups in total. The van der Waals surface area contributed by atoms with Gasteiger partial charge in [0.2, 0.25) is 5.88 Å². The normalized spacial score (nSPS) is 16.2. The Hall–Kier alpha value is -2.44. The van der Waals surface area contributed by atoms with E-state index < -0.39 is 17.5 Å². The van der Waals surface area contributed by atoms with Crippen LogP contribution in [0, 0.1) is 6.92 Å². The number of benzene rings is 1. The lowest BCUT2D eigenvalue weighted by Crippen LogP contribution is -2.31. The zero-order chi connectivity index (χ0) is 18.3. The van der Waals surface area contributed by atoms with Crippen LogP contribution in [-0.4, -0.2) is 13.1 Å². The van der Waals surface area contributed by atoms with Crippen LogP contribution in [0.3, 0.4) is 0 Å². The molecule has 1 atom stereocenters. The van der Waals surface area contributed by atoms with Crippen molar-refractivity contribution >= 4 is 29.2 Å². The average Bonchev–Trinajstić information content (AvgIpc) is 2.53. The number of carbonyl (C=O) groups excluding carboxylic acids is 1. The number of rotatable bonds is 2. The molecule has 2 heterocycles. The summed E-state index contributed by atoms with van der Waals surface area (Å²) in [6, 6.07) is 6.35. The third-order valence-corrected chi connectivity index (χ3v) is 4.49. The number of nitrogens with two attached hydrogens (primary N) is 1. The Balaban J connectivity index is 2.39. The third kappa shape index (κ3) is 2.88. The minimum Gasteiger partial charge on any atom is -0.465 e. The minimum absolute atomic E-state index is 0.0684. The van der Waals surface area contributed by atoms with E-state index in [9.17, 15) is 9.59 Å². The van der Waals surface area contributed by atoms with Crippen LogP contribution in [0.4, 0.5) is 0 Å². The standard InChI is InChI=1S/C17H13Cl2NO5/c1-7-6-10-12(17(22)24-7)13(11-8(18)4-3-5-9(11)19)14(15(20)25-10)16(21)23-2/h3-6,13H,20H2,1-2H3/t13-/m0/s1. The van der Waals surface area contributed by atoms with Gasteiger partial charge in [0.1, 0.15) is 17.1 Å². The molecular weight excluding hydrogens is 369 g/mol. The topological polar surface area (TPSA) is 91.8 Å². The quantitative estimate of drug-likeness (QED) is 0.803. The van der Waals surface area contributed by atoms with Gasteiger partial charge >= 0.3 is 11.6 Å². The molecule has 0 aliphatic carbocycles. The summed E-state index contributed by atoms with van der Waals surface area (Å²) in [6.45, 7) is 1.60. The van der Waals surface area contributed by atoms with Crippen molar-refractivity contribution in [2.45, 2.75) is 12.8 Å². The molecule has 2 aromatic rings. The van der Waals surface area contributed by atoms with Crippen molar-refractivity contribution in [1.82, 2.24) is 0 Å². The van der Waals surface area contributed by atoms with Crippen LogP contribution in [-0.2, 0) is 9.53 Å². The molecule has 1 aromatic carbocycles. The second kappa shape index (κ2) is 6.46. The number of ether oxygens (including phenoxy) is 2. The summed E-state index contributed by atoms with van der Waals surface area (Å²) >= 11 is 12.6. The number of esters is 1. The minimum atomic E-state index is -0.978. The van der Waals surface area contributed by atoms with Gasteiger partial charge in [-0.3, -0.25) is 0 Å². The van der Waals surface area contributed by atoms with Crippen LogP contribution in [0.2, 0.25) is 10.0 Å². The van der Waals surface area contributed by atoms with Gasteiger partial charge in [0.15, 0.2) is 0 Å². The Bertz CT molecular complexity index is 944. The number of hydrogen-bond acceptors (Lipinski definition) is 6. The van der Waals surface area contributed by atoms with Gasteiger partial charge in [-0.05, 0) is 19.1 Å². The number of hydrogen-bond donors (Lipinski definition) is 1. The van der Waals surface area contributed by atoms with E-state index >= 15 is 0 Å². The van der Waals surface area contributed by atoms with Crippen LogP contribution in [0.1, 0.15) is 22.8 Å². The predicted octanol–water partition coefficient (Wildman–Crippen LogP) is 3.12. The molecule has 0 amide bonds. The summed E-state index contributed by atoms with van der Waals surface area (Å²) in [5.74, 6) is -1.41. The Morgan fingerprint density at radius 1 is 1.24 bits per heavy atom. The first-order valence-corrected chi connectivity index (χ1v) is 7.95. The number of halogens is 2. The first-order chi connectivity index (χ1) is 11.8. The van der Waals surface area contributed by atoms with E-state index in [0.717, 1.165) is 0 Å². The highest BCUT2D eigenvalue weighted by molar-refractivity contribution is 6.36.